The fourth-order valence-corrected chi connectivity index (χ4v) is 2.28. The summed E-state index contributed by atoms with van der Waals surface area (Å²) in [5.74, 6) is -1.53. The molecule has 0 spiro atoms. The van der Waals surface area contributed by atoms with Gasteiger partial charge >= 0.3 is 0 Å². The van der Waals surface area contributed by atoms with Gasteiger partial charge in [0.1, 0.15) is 17.1 Å². The van der Waals surface area contributed by atoms with Crippen molar-refractivity contribution in [2.24, 2.45) is 5.92 Å². The maximum Gasteiger partial charge on any atom is 0.260 e. The third-order valence-electron chi connectivity index (χ3n) is 3.27. The monoisotopic (exact) mass is 253 g/mol. The molecule has 0 radical (unpaired) electrons. The van der Waals surface area contributed by atoms with Gasteiger partial charge in [0.05, 0.1) is 0 Å². The van der Waals surface area contributed by atoms with E-state index in [9.17, 15) is 14.3 Å². The summed E-state index contributed by atoms with van der Waals surface area (Å²) in [4.78, 5) is 13.6. The van der Waals surface area contributed by atoms with E-state index in [4.69, 9.17) is 5.11 Å². The van der Waals surface area contributed by atoms with Crippen LogP contribution in [0.3, 0.4) is 0 Å². The van der Waals surface area contributed by atoms with Crippen LogP contribution >= 0.6 is 0 Å². The van der Waals surface area contributed by atoms with E-state index < -0.39 is 11.7 Å². The first-order valence-corrected chi connectivity index (χ1v) is 6.01. The second kappa shape index (κ2) is 5.35. The first-order chi connectivity index (χ1) is 8.63. The summed E-state index contributed by atoms with van der Waals surface area (Å²) in [6.45, 7) is 0.958. The molecule has 5 heteroatoms. The lowest BCUT2D eigenvalue weighted by Crippen LogP contribution is -2.41. The number of aromatic hydroxyl groups is 1. The van der Waals surface area contributed by atoms with Gasteiger partial charge < -0.3 is 15.1 Å². The molecular formula is C13H16FNO3. The summed E-state index contributed by atoms with van der Waals surface area (Å²) in [5.41, 5.74) is -0.281. The second-order valence-corrected chi connectivity index (χ2v) is 4.58. The van der Waals surface area contributed by atoms with Crippen molar-refractivity contribution in [3.63, 3.8) is 0 Å². The predicted octanol–water partition coefficient (Wildman–Crippen LogP) is 1.38. The molecule has 4 nitrogen and oxygen atoms in total. The van der Waals surface area contributed by atoms with Crippen LogP contribution in [-0.2, 0) is 0 Å². The SMILES string of the molecule is O=C(c1c(O)cccc1F)N1CCCC(CO)C1. The number of nitrogens with zero attached hydrogens (tertiary/aromatic N) is 1. The highest BCUT2D eigenvalue weighted by Gasteiger charge is 2.27. The topological polar surface area (TPSA) is 60.8 Å². The van der Waals surface area contributed by atoms with Gasteiger partial charge in [-0.15, -0.1) is 0 Å². The Kier molecular flexibility index (Phi) is 3.81. The van der Waals surface area contributed by atoms with Gasteiger partial charge in [0, 0.05) is 19.7 Å². The predicted molar refractivity (Wildman–Crippen MR) is 63.8 cm³/mol. The summed E-state index contributed by atoms with van der Waals surface area (Å²) in [5, 5.41) is 18.7. The van der Waals surface area contributed by atoms with E-state index in [1.165, 1.54) is 17.0 Å². The molecule has 1 aliphatic heterocycles. The van der Waals surface area contributed by atoms with Crippen molar-refractivity contribution in [2.45, 2.75) is 12.8 Å². The minimum absolute atomic E-state index is 0.0209. The third-order valence-corrected chi connectivity index (χ3v) is 3.27. The smallest absolute Gasteiger partial charge is 0.260 e. The largest absolute Gasteiger partial charge is 0.507 e. The first kappa shape index (κ1) is 12.8. The van der Waals surface area contributed by atoms with Crippen LogP contribution in [0.2, 0.25) is 0 Å². The Bertz CT molecular complexity index is 430. The number of amides is 1. The van der Waals surface area contributed by atoms with Gasteiger partial charge in [-0.25, -0.2) is 4.39 Å². The number of phenols is 1. The van der Waals surface area contributed by atoms with E-state index in [1.54, 1.807) is 0 Å². The van der Waals surface area contributed by atoms with Crippen LogP contribution in [0.1, 0.15) is 23.2 Å². The summed E-state index contributed by atoms with van der Waals surface area (Å²) in [6.07, 6.45) is 1.65. The average Bonchev–Trinajstić information content (AvgIpc) is 2.38. The number of halogens is 1. The lowest BCUT2D eigenvalue weighted by molar-refractivity contribution is 0.0613. The highest BCUT2D eigenvalue weighted by Crippen LogP contribution is 2.24. The molecule has 1 fully saturated rings. The van der Waals surface area contributed by atoms with Gasteiger partial charge in [-0.3, -0.25) is 4.79 Å². The number of hydrogen-bond donors (Lipinski definition) is 2. The Morgan fingerprint density at radius 3 is 2.94 bits per heavy atom. The molecule has 0 bridgehead atoms. The zero-order chi connectivity index (χ0) is 13.1. The summed E-state index contributed by atoms with van der Waals surface area (Å²) >= 11 is 0. The second-order valence-electron chi connectivity index (χ2n) is 4.58. The van der Waals surface area contributed by atoms with E-state index in [2.05, 4.69) is 0 Å². The van der Waals surface area contributed by atoms with Gasteiger partial charge in [-0.1, -0.05) is 6.07 Å². The highest BCUT2D eigenvalue weighted by molar-refractivity contribution is 5.97. The van der Waals surface area contributed by atoms with Crippen molar-refractivity contribution in [1.82, 2.24) is 4.90 Å². The van der Waals surface area contributed by atoms with Crippen LogP contribution in [0.4, 0.5) is 4.39 Å². The number of piperidine rings is 1. The molecule has 0 aliphatic carbocycles. The lowest BCUT2D eigenvalue weighted by Gasteiger charge is -2.32. The minimum Gasteiger partial charge on any atom is -0.507 e. The van der Waals surface area contributed by atoms with E-state index in [0.29, 0.717) is 13.1 Å². The molecule has 1 saturated heterocycles. The van der Waals surface area contributed by atoms with Crippen LogP contribution in [0, 0.1) is 11.7 Å². The molecule has 1 unspecified atom stereocenters. The number of phenolic OH excluding ortho intramolecular Hbond substituents is 1. The fraction of sp³-hybridized carbons (Fsp3) is 0.462. The molecule has 2 rings (SSSR count). The molecule has 18 heavy (non-hydrogen) atoms. The minimum atomic E-state index is -0.717. The van der Waals surface area contributed by atoms with Gasteiger partial charge in [0.2, 0.25) is 0 Å². The molecule has 1 heterocycles. The molecular weight excluding hydrogens is 237 g/mol. The normalized spacial score (nSPS) is 19.9. The van der Waals surface area contributed by atoms with Crippen molar-refractivity contribution in [3.8, 4) is 5.75 Å². The molecule has 1 aromatic carbocycles. The molecule has 0 aromatic heterocycles. The Morgan fingerprint density at radius 1 is 1.50 bits per heavy atom. The molecule has 1 amide bonds. The standard InChI is InChI=1S/C13H16FNO3/c14-10-4-1-5-11(17)12(10)13(18)15-6-2-3-9(7-15)8-16/h1,4-5,9,16-17H,2-3,6-8H2. The van der Waals surface area contributed by atoms with Crippen molar-refractivity contribution in [3.05, 3.63) is 29.6 Å². The zero-order valence-corrected chi connectivity index (χ0v) is 9.97. The number of aliphatic hydroxyl groups excluding tert-OH is 1. The first-order valence-electron chi connectivity index (χ1n) is 6.01. The van der Waals surface area contributed by atoms with Crippen LogP contribution in [0.15, 0.2) is 18.2 Å². The fourth-order valence-electron chi connectivity index (χ4n) is 2.28. The van der Waals surface area contributed by atoms with Crippen molar-refractivity contribution in [1.29, 1.82) is 0 Å². The quantitative estimate of drug-likeness (QED) is 0.837. The molecule has 1 atom stereocenters. The highest BCUT2D eigenvalue weighted by atomic mass is 19.1. The Balaban J connectivity index is 2.20. The average molecular weight is 253 g/mol. The molecule has 0 saturated carbocycles. The number of benzene rings is 1. The Labute approximate surface area is 105 Å². The van der Waals surface area contributed by atoms with Crippen LogP contribution < -0.4 is 0 Å². The number of aliphatic hydroxyl groups is 1. The number of rotatable bonds is 2. The van der Waals surface area contributed by atoms with E-state index in [0.717, 1.165) is 18.9 Å². The number of carbonyl (C=O) groups is 1. The van der Waals surface area contributed by atoms with Crippen LogP contribution in [-0.4, -0.2) is 40.7 Å². The van der Waals surface area contributed by atoms with E-state index in [-0.39, 0.29) is 23.8 Å². The van der Waals surface area contributed by atoms with Crippen LogP contribution in [0.25, 0.3) is 0 Å². The van der Waals surface area contributed by atoms with Crippen LogP contribution in [0.5, 0.6) is 5.75 Å². The van der Waals surface area contributed by atoms with Crippen molar-refractivity contribution < 1.29 is 19.4 Å². The van der Waals surface area contributed by atoms with E-state index in [1.807, 2.05) is 0 Å². The van der Waals surface area contributed by atoms with E-state index >= 15 is 0 Å². The molecule has 1 aromatic rings. The van der Waals surface area contributed by atoms with Crippen molar-refractivity contribution in [2.75, 3.05) is 19.7 Å². The molecule has 98 valence electrons. The van der Waals surface area contributed by atoms with Crippen molar-refractivity contribution >= 4 is 5.91 Å². The maximum absolute atomic E-state index is 13.6. The lowest BCUT2D eigenvalue weighted by atomic mass is 9.98. The third kappa shape index (κ3) is 2.46. The zero-order valence-electron chi connectivity index (χ0n) is 9.97. The number of hydrogen-bond acceptors (Lipinski definition) is 3. The van der Waals surface area contributed by atoms with Gasteiger partial charge in [-0.2, -0.15) is 0 Å². The maximum atomic E-state index is 13.6. The number of carbonyl (C=O) groups excluding carboxylic acids is 1. The molecule has 1 aliphatic rings. The summed E-state index contributed by atoms with van der Waals surface area (Å²) in [7, 11) is 0. The Morgan fingerprint density at radius 2 is 2.28 bits per heavy atom. The summed E-state index contributed by atoms with van der Waals surface area (Å²) in [6, 6.07) is 3.80. The Hall–Kier alpha value is -1.62. The summed E-state index contributed by atoms with van der Waals surface area (Å²) < 4.78 is 13.6. The van der Waals surface area contributed by atoms with Gasteiger partial charge in [0.25, 0.3) is 5.91 Å². The molecule has 2 N–H and O–H groups in total. The van der Waals surface area contributed by atoms with Gasteiger partial charge in [-0.05, 0) is 30.9 Å². The number of likely N-dealkylation sites (tertiary alicyclic amines) is 1. The van der Waals surface area contributed by atoms with Gasteiger partial charge in [0.15, 0.2) is 0 Å².